The zero-order valence-corrected chi connectivity index (χ0v) is 18.3. The molecular formula is C23H29N4OP. The zero-order chi connectivity index (χ0) is 20.2. The van der Waals surface area contributed by atoms with Crippen LogP contribution in [0.3, 0.4) is 0 Å². The minimum Gasteiger partial charge on any atom is -0.493 e. The van der Waals surface area contributed by atoms with Crippen LogP contribution in [0.4, 0.5) is 11.5 Å². The summed E-state index contributed by atoms with van der Waals surface area (Å²) in [4.78, 5) is 11.4. The molecule has 5 nitrogen and oxygen atoms in total. The maximum atomic E-state index is 6.10. The number of para-hydroxylation sites is 1. The molecule has 2 aromatic carbocycles. The van der Waals surface area contributed by atoms with Crippen molar-refractivity contribution in [3.63, 3.8) is 0 Å². The van der Waals surface area contributed by atoms with Crippen molar-refractivity contribution in [2.45, 2.75) is 12.8 Å². The Morgan fingerprint density at radius 3 is 2.69 bits per heavy atom. The average Bonchev–Trinajstić information content (AvgIpc) is 2.73. The van der Waals surface area contributed by atoms with Gasteiger partial charge in [-0.1, -0.05) is 26.1 Å². The summed E-state index contributed by atoms with van der Waals surface area (Å²) in [5.41, 5.74) is 2.02. The molecule has 3 aromatic rings. The number of piperidine rings is 1. The molecule has 1 saturated heterocycles. The van der Waals surface area contributed by atoms with Gasteiger partial charge >= 0.3 is 0 Å². The van der Waals surface area contributed by atoms with Gasteiger partial charge in [-0.25, -0.2) is 9.97 Å². The Labute approximate surface area is 174 Å². The third-order valence-electron chi connectivity index (χ3n) is 5.57. The van der Waals surface area contributed by atoms with Crippen LogP contribution >= 0.6 is 7.92 Å². The summed E-state index contributed by atoms with van der Waals surface area (Å²) in [5, 5.41) is 5.87. The third-order valence-corrected chi connectivity index (χ3v) is 6.92. The van der Waals surface area contributed by atoms with Gasteiger partial charge in [0.25, 0.3) is 0 Å². The third kappa shape index (κ3) is 4.85. The van der Waals surface area contributed by atoms with Crippen LogP contribution < -0.4 is 15.4 Å². The molecule has 152 valence electrons. The van der Waals surface area contributed by atoms with Crippen LogP contribution in [0, 0.1) is 5.92 Å². The van der Waals surface area contributed by atoms with Crippen molar-refractivity contribution in [1.29, 1.82) is 0 Å². The predicted octanol–water partition coefficient (Wildman–Crippen LogP) is 4.46. The molecule has 0 amide bonds. The van der Waals surface area contributed by atoms with Crippen molar-refractivity contribution in [2.24, 2.45) is 5.92 Å². The minimum absolute atomic E-state index is 0.204. The van der Waals surface area contributed by atoms with Gasteiger partial charge in [0.2, 0.25) is 0 Å². The predicted molar refractivity (Wildman–Crippen MR) is 123 cm³/mol. The Bertz CT molecular complexity index is 970. The molecule has 1 fully saturated rings. The fraction of sp³-hybridized carbons (Fsp3) is 0.391. The first-order valence-electron chi connectivity index (χ1n) is 10.2. The first-order chi connectivity index (χ1) is 14.1. The summed E-state index contributed by atoms with van der Waals surface area (Å²) in [7, 11) is 1.98. The zero-order valence-electron chi connectivity index (χ0n) is 17.4. The highest BCUT2D eigenvalue weighted by atomic mass is 31.1. The molecule has 0 bridgehead atoms. The molecule has 1 N–H and O–H groups in total. The Morgan fingerprint density at radius 2 is 1.90 bits per heavy atom. The topological polar surface area (TPSA) is 50.3 Å². The number of likely N-dealkylation sites (tertiary alicyclic amines) is 1. The van der Waals surface area contributed by atoms with E-state index in [0.29, 0.717) is 5.92 Å². The molecule has 1 aromatic heterocycles. The second-order valence-electron chi connectivity index (χ2n) is 8.00. The van der Waals surface area contributed by atoms with E-state index in [1.165, 1.54) is 18.1 Å². The van der Waals surface area contributed by atoms with Gasteiger partial charge in [-0.05, 0) is 75.7 Å². The number of fused-ring (bicyclic) bond motifs is 1. The maximum Gasteiger partial charge on any atom is 0.141 e. The van der Waals surface area contributed by atoms with Crippen molar-refractivity contribution in [3.05, 3.63) is 48.8 Å². The molecule has 1 aliphatic rings. The Morgan fingerprint density at radius 1 is 1.10 bits per heavy atom. The van der Waals surface area contributed by atoms with E-state index in [1.807, 2.05) is 12.1 Å². The highest BCUT2D eigenvalue weighted by Gasteiger charge is 2.17. The van der Waals surface area contributed by atoms with Gasteiger partial charge in [0.1, 0.15) is 17.9 Å². The van der Waals surface area contributed by atoms with Crippen molar-refractivity contribution < 1.29 is 4.74 Å². The lowest BCUT2D eigenvalue weighted by atomic mass is 9.98. The van der Waals surface area contributed by atoms with E-state index in [0.717, 1.165) is 47.9 Å². The number of anilines is 2. The summed E-state index contributed by atoms with van der Waals surface area (Å²) in [6.07, 6.45) is 4.03. The molecular weight excluding hydrogens is 379 g/mol. The molecule has 4 rings (SSSR count). The highest BCUT2D eigenvalue weighted by molar-refractivity contribution is 7.64. The largest absolute Gasteiger partial charge is 0.493 e. The van der Waals surface area contributed by atoms with Crippen molar-refractivity contribution >= 4 is 35.6 Å². The van der Waals surface area contributed by atoms with Crippen LogP contribution in [0.15, 0.2) is 48.8 Å². The monoisotopic (exact) mass is 408 g/mol. The molecule has 2 heterocycles. The number of hydrogen-bond acceptors (Lipinski definition) is 5. The van der Waals surface area contributed by atoms with Crippen LogP contribution in [0.2, 0.25) is 0 Å². The normalized spacial score (nSPS) is 15.7. The molecule has 29 heavy (non-hydrogen) atoms. The SMILES string of the molecule is CN1CCC(COc2ccc3c(Nc4ccccc4P(C)C)ncnc3c2)CC1. The lowest BCUT2D eigenvalue weighted by Crippen LogP contribution is -2.32. The van der Waals surface area contributed by atoms with Gasteiger partial charge in [0.05, 0.1) is 12.1 Å². The van der Waals surface area contributed by atoms with Crippen molar-refractivity contribution in [3.8, 4) is 5.75 Å². The first kappa shape index (κ1) is 20.1. The number of ether oxygens (including phenoxy) is 1. The van der Waals surface area contributed by atoms with E-state index in [9.17, 15) is 0 Å². The Balaban J connectivity index is 1.51. The number of rotatable bonds is 6. The fourth-order valence-electron chi connectivity index (χ4n) is 3.77. The van der Waals surface area contributed by atoms with Crippen LogP contribution in [-0.4, -0.2) is 54.9 Å². The molecule has 1 aliphatic heterocycles. The van der Waals surface area contributed by atoms with E-state index in [4.69, 9.17) is 4.74 Å². The molecule has 0 radical (unpaired) electrons. The van der Waals surface area contributed by atoms with E-state index < -0.39 is 0 Å². The number of nitrogens with one attached hydrogen (secondary N) is 1. The van der Waals surface area contributed by atoms with E-state index >= 15 is 0 Å². The first-order valence-corrected chi connectivity index (χ1v) is 12.4. The lowest BCUT2D eigenvalue weighted by molar-refractivity contribution is 0.160. The molecule has 0 atom stereocenters. The van der Waals surface area contributed by atoms with Gasteiger partial charge < -0.3 is 15.0 Å². The number of benzene rings is 2. The lowest BCUT2D eigenvalue weighted by Gasteiger charge is -2.28. The molecule has 0 saturated carbocycles. The van der Waals surface area contributed by atoms with Crippen molar-refractivity contribution in [1.82, 2.24) is 14.9 Å². The molecule has 0 aliphatic carbocycles. The summed E-state index contributed by atoms with van der Waals surface area (Å²) in [6, 6.07) is 14.6. The second-order valence-corrected chi connectivity index (χ2v) is 10.3. The summed E-state index contributed by atoms with van der Waals surface area (Å²) in [5.74, 6) is 2.35. The van der Waals surface area contributed by atoms with E-state index in [2.05, 4.69) is 70.9 Å². The average molecular weight is 408 g/mol. The van der Waals surface area contributed by atoms with E-state index in [1.54, 1.807) is 6.33 Å². The number of aromatic nitrogens is 2. The molecule has 0 spiro atoms. The van der Waals surface area contributed by atoms with Crippen LogP contribution in [0.1, 0.15) is 12.8 Å². The Kier molecular flexibility index (Phi) is 6.27. The fourth-order valence-corrected chi connectivity index (χ4v) is 4.76. The highest BCUT2D eigenvalue weighted by Crippen LogP contribution is 2.31. The molecule has 6 heteroatoms. The van der Waals surface area contributed by atoms with Crippen LogP contribution in [-0.2, 0) is 0 Å². The van der Waals surface area contributed by atoms with Gasteiger partial charge in [-0.2, -0.15) is 0 Å². The Hall–Kier alpha value is -2.23. The minimum atomic E-state index is -0.204. The van der Waals surface area contributed by atoms with Gasteiger partial charge in [0, 0.05) is 17.1 Å². The number of hydrogen-bond donors (Lipinski definition) is 1. The standard InChI is InChI=1S/C23H29N4OP/c1-27-12-10-17(11-13-27)15-28-18-8-9-19-21(14-18)24-16-25-23(19)26-20-6-4-5-7-22(20)29(2)3/h4-9,14,16-17H,10-13,15H2,1-3H3,(H,24,25,26). The summed E-state index contributed by atoms with van der Waals surface area (Å²) >= 11 is 0. The second kappa shape index (κ2) is 9.06. The van der Waals surface area contributed by atoms with Crippen molar-refractivity contribution in [2.75, 3.05) is 45.4 Å². The van der Waals surface area contributed by atoms with Crippen LogP contribution in [0.5, 0.6) is 5.75 Å². The maximum absolute atomic E-state index is 6.10. The quantitative estimate of drug-likeness (QED) is 0.611. The summed E-state index contributed by atoms with van der Waals surface area (Å²) in [6.45, 7) is 7.63. The van der Waals surface area contributed by atoms with Gasteiger partial charge in [-0.15, -0.1) is 0 Å². The number of nitrogens with zero attached hydrogens (tertiary/aromatic N) is 3. The van der Waals surface area contributed by atoms with Crippen LogP contribution in [0.25, 0.3) is 10.9 Å². The molecule has 0 unspecified atom stereocenters. The van der Waals surface area contributed by atoms with Gasteiger partial charge in [0.15, 0.2) is 0 Å². The smallest absolute Gasteiger partial charge is 0.141 e. The summed E-state index contributed by atoms with van der Waals surface area (Å²) < 4.78 is 6.10. The van der Waals surface area contributed by atoms with E-state index in [-0.39, 0.29) is 7.92 Å². The van der Waals surface area contributed by atoms with Gasteiger partial charge in [-0.3, -0.25) is 0 Å².